The first kappa shape index (κ1) is 19.0. The molecular formula is C15H27ClN2O4. The van der Waals surface area contributed by atoms with E-state index in [4.69, 9.17) is 4.74 Å². The summed E-state index contributed by atoms with van der Waals surface area (Å²) >= 11 is 0. The number of halogens is 1. The molecule has 0 spiro atoms. The van der Waals surface area contributed by atoms with Gasteiger partial charge in [0.05, 0.1) is 0 Å². The summed E-state index contributed by atoms with van der Waals surface area (Å²) in [4.78, 5) is 23.2. The Balaban J connectivity index is 0.00000242. The molecule has 6 nitrogen and oxygen atoms in total. The fraction of sp³-hybridized carbons (Fsp3) is 0.867. The molecule has 0 aromatic carbocycles. The van der Waals surface area contributed by atoms with Crippen LogP contribution in [0.5, 0.6) is 0 Å². The van der Waals surface area contributed by atoms with Gasteiger partial charge in [-0.25, -0.2) is 9.59 Å². The number of carbonyl (C=O) groups is 2. The zero-order valence-corrected chi connectivity index (χ0v) is 13.7. The minimum Gasteiger partial charge on any atom is -0.480 e. The van der Waals surface area contributed by atoms with Crippen LogP contribution in [-0.4, -0.2) is 42.4 Å². The van der Waals surface area contributed by atoms with Crippen LogP contribution in [0.1, 0.15) is 51.4 Å². The minimum absolute atomic E-state index is 0. The number of nitrogens with one attached hydrogen (secondary N) is 2. The number of amides is 1. The molecule has 128 valence electrons. The number of alkyl carbamates (subject to hydrolysis) is 1. The summed E-state index contributed by atoms with van der Waals surface area (Å²) in [5, 5.41) is 15.0. The van der Waals surface area contributed by atoms with E-state index in [1.54, 1.807) is 0 Å². The van der Waals surface area contributed by atoms with Crippen LogP contribution in [0.3, 0.4) is 0 Å². The second kappa shape index (κ2) is 9.90. The van der Waals surface area contributed by atoms with Gasteiger partial charge in [0.25, 0.3) is 0 Å². The average molecular weight is 335 g/mol. The van der Waals surface area contributed by atoms with Gasteiger partial charge in [-0.2, -0.15) is 0 Å². The number of carboxylic acids is 1. The van der Waals surface area contributed by atoms with Crippen molar-refractivity contribution in [3.63, 3.8) is 0 Å². The highest BCUT2D eigenvalue weighted by Crippen LogP contribution is 2.27. The lowest BCUT2D eigenvalue weighted by atomic mass is 9.85. The summed E-state index contributed by atoms with van der Waals surface area (Å²) in [5.41, 5.74) is 0. The maximum absolute atomic E-state index is 11.9. The highest BCUT2D eigenvalue weighted by atomic mass is 35.5. The molecule has 0 bridgehead atoms. The lowest BCUT2D eigenvalue weighted by Gasteiger charge is -2.26. The maximum atomic E-state index is 11.9. The molecule has 7 heteroatoms. The Labute approximate surface area is 137 Å². The quantitative estimate of drug-likeness (QED) is 0.718. The van der Waals surface area contributed by atoms with Gasteiger partial charge in [0.2, 0.25) is 0 Å². The molecule has 0 aromatic heterocycles. The third-order valence-corrected chi connectivity index (χ3v) is 4.44. The van der Waals surface area contributed by atoms with Crippen LogP contribution < -0.4 is 10.6 Å². The second-order valence-electron chi connectivity index (χ2n) is 6.13. The van der Waals surface area contributed by atoms with E-state index >= 15 is 0 Å². The predicted molar refractivity (Wildman–Crippen MR) is 85.4 cm³/mol. The molecular weight excluding hydrogens is 308 g/mol. The van der Waals surface area contributed by atoms with E-state index in [0.717, 1.165) is 51.6 Å². The molecule has 1 saturated carbocycles. The van der Waals surface area contributed by atoms with Crippen LogP contribution in [0.15, 0.2) is 0 Å². The Morgan fingerprint density at radius 1 is 1.14 bits per heavy atom. The van der Waals surface area contributed by atoms with Crippen LogP contribution in [-0.2, 0) is 9.53 Å². The average Bonchev–Trinajstić information content (AvgIpc) is 2.48. The molecule has 1 saturated heterocycles. The summed E-state index contributed by atoms with van der Waals surface area (Å²) in [5.74, 6) is -0.568. The van der Waals surface area contributed by atoms with Gasteiger partial charge in [0, 0.05) is 0 Å². The Kier molecular flexibility index (Phi) is 8.56. The van der Waals surface area contributed by atoms with Crippen molar-refractivity contribution in [2.24, 2.45) is 5.92 Å². The van der Waals surface area contributed by atoms with E-state index in [9.17, 15) is 14.7 Å². The molecule has 22 heavy (non-hydrogen) atoms. The standard InChI is InChI=1S/C15H26N2O4.ClH/c18-14(19)13(10-11-4-2-1-3-5-11)17-15(20)21-12-6-8-16-9-7-12;/h11-13,16H,1-10H2,(H,17,20)(H,18,19);1H. The molecule has 3 N–H and O–H groups in total. The molecule has 1 heterocycles. The van der Waals surface area contributed by atoms with E-state index in [-0.39, 0.29) is 18.5 Å². The SMILES string of the molecule is Cl.O=C(NC(CC1CCCCC1)C(=O)O)OC1CCNCC1. The van der Waals surface area contributed by atoms with Crippen molar-refractivity contribution in [1.29, 1.82) is 0 Å². The summed E-state index contributed by atoms with van der Waals surface area (Å²) < 4.78 is 5.31. The summed E-state index contributed by atoms with van der Waals surface area (Å²) in [6.45, 7) is 1.67. The lowest BCUT2D eigenvalue weighted by molar-refractivity contribution is -0.140. The van der Waals surface area contributed by atoms with Crippen molar-refractivity contribution in [2.45, 2.75) is 63.5 Å². The molecule has 0 radical (unpaired) electrons. The Hall–Kier alpha value is -1.01. The van der Waals surface area contributed by atoms with E-state index in [2.05, 4.69) is 10.6 Å². The van der Waals surface area contributed by atoms with E-state index in [1.165, 1.54) is 6.42 Å². The van der Waals surface area contributed by atoms with Crippen LogP contribution in [0.4, 0.5) is 4.79 Å². The first-order valence-corrected chi connectivity index (χ1v) is 8.06. The summed E-state index contributed by atoms with van der Waals surface area (Å²) in [6.07, 6.45) is 7.08. The van der Waals surface area contributed by atoms with Crippen LogP contribution in [0.2, 0.25) is 0 Å². The largest absolute Gasteiger partial charge is 0.480 e. The fourth-order valence-electron chi connectivity index (χ4n) is 3.22. The number of hydrogen-bond acceptors (Lipinski definition) is 4. The number of rotatable bonds is 5. The highest BCUT2D eigenvalue weighted by molar-refractivity contribution is 5.85. The fourth-order valence-corrected chi connectivity index (χ4v) is 3.22. The number of aliphatic carboxylic acids is 1. The Morgan fingerprint density at radius 2 is 1.77 bits per heavy atom. The topological polar surface area (TPSA) is 87.7 Å². The van der Waals surface area contributed by atoms with E-state index in [1.807, 2.05) is 0 Å². The maximum Gasteiger partial charge on any atom is 0.408 e. The molecule has 1 atom stereocenters. The number of carbonyl (C=O) groups excluding carboxylic acids is 1. The first-order chi connectivity index (χ1) is 10.1. The smallest absolute Gasteiger partial charge is 0.408 e. The van der Waals surface area contributed by atoms with Gasteiger partial charge >= 0.3 is 12.1 Å². The van der Waals surface area contributed by atoms with Crippen molar-refractivity contribution in [3.8, 4) is 0 Å². The first-order valence-electron chi connectivity index (χ1n) is 8.06. The number of piperidine rings is 1. The summed E-state index contributed by atoms with van der Waals surface area (Å²) in [7, 11) is 0. The van der Waals surface area contributed by atoms with Crippen molar-refractivity contribution in [1.82, 2.24) is 10.6 Å². The third-order valence-electron chi connectivity index (χ3n) is 4.44. The Bertz CT molecular complexity index is 355. The third kappa shape index (κ3) is 6.40. The predicted octanol–water partition coefficient (Wildman–Crippen LogP) is 2.31. The van der Waals surface area contributed by atoms with E-state index < -0.39 is 18.1 Å². The Morgan fingerprint density at radius 3 is 2.36 bits per heavy atom. The number of ether oxygens (including phenoxy) is 1. The van der Waals surface area contributed by atoms with Crippen molar-refractivity contribution in [3.05, 3.63) is 0 Å². The second-order valence-corrected chi connectivity index (χ2v) is 6.13. The van der Waals surface area contributed by atoms with E-state index in [0.29, 0.717) is 12.3 Å². The van der Waals surface area contributed by atoms with Crippen LogP contribution in [0.25, 0.3) is 0 Å². The molecule has 2 fully saturated rings. The molecule has 2 aliphatic rings. The van der Waals surface area contributed by atoms with Gasteiger partial charge in [0.15, 0.2) is 0 Å². The molecule has 1 aliphatic carbocycles. The van der Waals surface area contributed by atoms with Gasteiger partial charge in [-0.15, -0.1) is 12.4 Å². The normalized spacial score (nSPS) is 21.5. The van der Waals surface area contributed by atoms with Gasteiger partial charge < -0.3 is 20.5 Å². The monoisotopic (exact) mass is 334 g/mol. The van der Waals surface area contributed by atoms with Crippen molar-refractivity contribution >= 4 is 24.5 Å². The molecule has 1 unspecified atom stereocenters. The molecule has 1 aliphatic heterocycles. The number of hydrogen-bond donors (Lipinski definition) is 3. The zero-order valence-electron chi connectivity index (χ0n) is 12.9. The molecule has 0 aromatic rings. The van der Waals surface area contributed by atoms with Gasteiger partial charge in [0.1, 0.15) is 12.1 Å². The highest BCUT2D eigenvalue weighted by Gasteiger charge is 2.27. The van der Waals surface area contributed by atoms with Crippen molar-refractivity contribution in [2.75, 3.05) is 13.1 Å². The van der Waals surface area contributed by atoms with Gasteiger partial charge in [-0.1, -0.05) is 32.1 Å². The van der Waals surface area contributed by atoms with Crippen LogP contribution >= 0.6 is 12.4 Å². The summed E-state index contributed by atoms with van der Waals surface area (Å²) in [6, 6.07) is -0.831. The molecule has 1 amide bonds. The molecule has 2 rings (SSSR count). The number of carboxylic acid groups (broad SMARTS) is 1. The van der Waals surface area contributed by atoms with Gasteiger partial charge in [-0.05, 0) is 38.3 Å². The van der Waals surface area contributed by atoms with Gasteiger partial charge in [-0.3, -0.25) is 0 Å². The van der Waals surface area contributed by atoms with Crippen molar-refractivity contribution < 1.29 is 19.4 Å². The zero-order chi connectivity index (χ0) is 15.1. The minimum atomic E-state index is -0.970. The van der Waals surface area contributed by atoms with Crippen LogP contribution in [0, 0.1) is 5.92 Å². The lowest BCUT2D eigenvalue weighted by Crippen LogP contribution is -2.44.